The van der Waals surface area contributed by atoms with Gasteiger partial charge in [-0.25, -0.2) is 4.79 Å². The van der Waals surface area contributed by atoms with E-state index in [1.165, 1.54) is 7.11 Å². The van der Waals surface area contributed by atoms with E-state index in [-0.39, 0.29) is 12.5 Å². The Balaban J connectivity index is 2.45. The van der Waals surface area contributed by atoms with Crippen LogP contribution in [0.1, 0.15) is 32.3 Å². The molecule has 0 saturated carbocycles. The normalized spacial score (nSPS) is 13.3. The lowest BCUT2D eigenvalue weighted by Crippen LogP contribution is -2.53. The van der Waals surface area contributed by atoms with Gasteiger partial charge in [0.15, 0.2) is 0 Å². The molecule has 0 bridgehead atoms. The van der Waals surface area contributed by atoms with Crippen LogP contribution >= 0.6 is 0 Å². The van der Waals surface area contributed by atoms with E-state index in [1.54, 1.807) is 6.92 Å². The molecule has 0 aliphatic carbocycles. The fraction of sp³-hybridized carbons (Fsp3) is 0.500. The molecule has 5 nitrogen and oxygen atoms in total. The van der Waals surface area contributed by atoms with E-state index in [4.69, 9.17) is 9.47 Å². The molecule has 1 rings (SSSR count). The van der Waals surface area contributed by atoms with Crippen LogP contribution in [-0.2, 0) is 25.7 Å². The van der Waals surface area contributed by atoms with Crippen molar-refractivity contribution in [3.05, 3.63) is 35.9 Å². The van der Waals surface area contributed by atoms with Crippen LogP contribution in [0, 0.1) is 0 Å². The largest absolute Gasteiger partial charge is 0.467 e. The fourth-order valence-corrected chi connectivity index (χ4v) is 2.12. The summed E-state index contributed by atoms with van der Waals surface area (Å²) < 4.78 is 10.1. The molecule has 5 heteroatoms. The van der Waals surface area contributed by atoms with Crippen LogP contribution in [0.4, 0.5) is 0 Å². The van der Waals surface area contributed by atoms with E-state index in [9.17, 15) is 9.59 Å². The Hall–Kier alpha value is -1.88. The lowest BCUT2D eigenvalue weighted by atomic mass is 9.96. The van der Waals surface area contributed by atoms with E-state index in [0.29, 0.717) is 13.0 Å². The summed E-state index contributed by atoms with van der Waals surface area (Å²) in [5, 5.41) is 2.69. The number of nitrogens with one attached hydrogen (secondary N) is 1. The van der Waals surface area contributed by atoms with Crippen molar-refractivity contribution >= 4 is 11.9 Å². The number of carbonyl (C=O) groups is 2. The van der Waals surface area contributed by atoms with Crippen molar-refractivity contribution < 1.29 is 19.1 Å². The van der Waals surface area contributed by atoms with E-state index >= 15 is 0 Å². The molecule has 0 spiro atoms. The molecule has 0 aliphatic heterocycles. The van der Waals surface area contributed by atoms with Crippen molar-refractivity contribution in [3.8, 4) is 0 Å². The van der Waals surface area contributed by atoms with Gasteiger partial charge in [0.2, 0.25) is 5.91 Å². The predicted molar refractivity (Wildman–Crippen MR) is 79.6 cm³/mol. The number of methoxy groups -OCH3 is 1. The summed E-state index contributed by atoms with van der Waals surface area (Å²) in [5.74, 6) is -0.770. The Labute approximate surface area is 125 Å². The van der Waals surface area contributed by atoms with Crippen LogP contribution in [-0.4, -0.2) is 31.1 Å². The van der Waals surface area contributed by atoms with Crippen LogP contribution in [0.15, 0.2) is 30.3 Å². The summed E-state index contributed by atoms with van der Waals surface area (Å²) in [5.41, 5.74) is -0.00829. The first kappa shape index (κ1) is 17.2. The van der Waals surface area contributed by atoms with Gasteiger partial charge in [0.1, 0.15) is 12.1 Å². The molecule has 116 valence electrons. The maximum Gasteiger partial charge on any atom is 0.331 e. The van der Waals surface area contributed by atoms with Crippen molar-refractivity contribution in [2.45, 2.75) is 38.8 Å². The van der Waals surface area contributed by atoms with Crippen molar-refractivity contribution in [1.29, 1.82) is 0 Å². The Kier molecular flexibility index (Phi) is 6.88. The molecule has 0 fully saturated rings. The summed E-state index contributed by atoms with van der Waals surface area (Å²) in [6.07, 6.45) is 1.28. The highest BCUT2D eigenvalue weighted by atomic mass is 16.5. The van der Waals surface area contributed by atoms with E-state index in [1.807, 2.05) is 37.3 Å². The minimum atomic E-state index is -1.00. The molecule has 1 unspecified atom stereocenters. The highest BCUT2D eigenvalue weighted by molar-refractivity contribution is 5.88. The Morgan fingerprint density at radius 2 is 1.90 bits per heavy atom. The first-order valence-corrected chi connectivity index (χ1v) is 7.03. The molecule has 0 aliphatic rings. The quantitative estimate of drug-likeness (QED) is 0.745. The average molecular weight is 293 g/mol. The number of hydrogen-bond acceptors (Lipinski definition) is 4. The maximum atomic E-state index is 11.9. The fourth-order valence-electron chi connectivity index (χ4n) is 2.12. The topological polar surface area (TPSA) is 64.6 Å². The summed E-state index contributed by atoms with van der Waals surface area (Å²) in [6, 6.07) is 9.59. The van der Waals surface area contributed by atoms with Gasteiger partial charge in [0.05, 0.1) is 13.7 Å². The Morgan fingerprint density at radius 1 is 1.24 bits per heavy atom. The minimum Gasteiger partial charge on any atom is -0.467 e. The number of amides is 1. The van der Waals surface area contributed by atoms with Crippen LogP contribution in [0.2, 0.25) is 0 Å². The monoisotopic (exact) mass is 293 g/mol. The number of esters is 1. The first-order valence-electron chi connectivity index (χ1n) is 7.03. The summed E-state index contributed by atoms with van der Waals surface area (Å²) in [6.45, 7) is 3.87. The van der Waals surface area contributed by atoms with Gasteiger partial charge in [-0.05, 0) is 18.9 Å². The molecule has 1 amide bonds. The third-order valence-corrected chi connectivity index (χ3v) is 3.15. The van der Waals surface area contributed by atoms with Gasteiger partial charge >= 0.3 is 5.97 Å². The van der Waals surface area contributed by atoms with E-state index in [0.717, 1.165) is 12.0 Å². The van der Waals surface area contributed by atoms with Crippen LogP contribution < -0.4 is 5.32 Å². The second-order valence-corrected chi connectivity index (χ2v) is 5.10. The van der Waals surface area contributed by atoms with Crippen molar-refractivity contribution in [2.75, 3.05) is 13.7 Å². The molecular formula is C16H23NO4. The van der Waals surface area contributed by atoms with Crippen molar-refractivity contribution in [3.63, 3.8) is 0 Å². The van der Waals surface area contributed by atoms with Gasteiger partial charge < -0.3 is 14.8 Å². The maximum absolute atomic E-state index is 11.9. The SMILES string of the molecule is CCCC(C)(NC(=O)COCc1ccccc1)C(=O)OC. The molecule has 1 N–H and O–H groups in total. The molecule has 21 heavy (non-hydrogen) atoms. The third-order valence-electron chi connectivity index (χ3n) is 3.15. The molecule has 1 aromatic carbocycles. The first-order chi connectivity index (χ1) is 10.0. The van der Waals surface area contributed by atoms with Gasteiger partial charge in [0.25, 0.3) is 0 Å². The summed E-state index contributed by atoms with van der Waals surface area (Å²) >= 11 is 0. The van der Waals surface area contributed by atoms with Crippen LogP contribution in [0.25, 0.3) is 0 Å². The summed E-state index contributed by atoms with van der Waals surface area (Å²) in [4.78, 5) is 23.7. The highest BCUT2D eigenvalue weighted by Crippen LogP contribution is 2.14. The third kappa shape index (κ3) is 5.55. The van der Waals surface area contributed by atoms with Crippen molar-refractivity contribution in [2.24, 2.45) is 0 Å². The van der Waals surface area contributed by atoms with Gasteiger partial charge in [-0.2, -0.15) is 0 Å². The number of ether oxygens (including phenoxy) is 2. The molecule has 0 saturated heterocycles. The minimum absolute atomic E-state index is 0.0921. The van der Waals surface area contributed by atoms with Crippen molar-refractivity contribution in [1.82, 2.24) is 5.32 Å². The van der Waals surface area contributed by atoms with Gasteiger partial charge in [-0.15, -0.1) is 0 Å². The number of rotatable bonds is 8. The van der Waals surface area contributed by atoms with Gasteiger partial charge in [-0.3, -0.25) is 4.79 Å². The molecular weight excluding hydrogens is 270 g/mol. The smallest absolute Gasteiger partial charge is 0.331 e. The van der Waals surface area contributed by atoms with Gasteiger partial charge in [0, 0.05) is 0 Å². The zero-order valence-electron chi connectivity index (χ0n) is 12.8. The average Bonchev–Trinajstić information content (AvgIpc) is 2.47. The second-order valence-electron chi connectivity index (χ2n) is 5.10. The number of hydrogen-bond donors (Lipinski definition) is 1. The molecule has 0 heterocycles. The number of benzene rings is 1. The second kappa shape index (κ2) is 8.42. The molecule has 0 radical (unpaired) electrons. The lowest BCUT2D eigenvalue weighted by Gasteiger charge is -2.27. The molecule has 1 atom stereocenters. The van der Waals surface area contributed by atoms with E-state index in [2.05, 4.69) is 5.32 Å². The zero-order valence-corrected chi connectivity index (χ0v) is 12.8. The molecule has 0 aromatic heterocycles. The van der Waals surface area contributed by atoms with Gasteiger partial charge in [-0.1, -0.05) is 43.7 Å². The Bertz CT molecular complexity index is 461. The lowest BCUT2D eigenvalue weighted by molar-refractivity contribution is -0.151. The predicted octanol–water partition coefficient (Wildman–Crippen LogP) is 2.05. The number of carbonyl (C=O) groups excluding carboxylic acids is 2. The Morgan fingerprint density at radius 3 is 2.48 bits per heavy atom. The van der Waals surface area contributed by atoms with E-state index < -0.39 is 11.5 Å². The van der Waals surface area contributed by atoms with Crippen LogP contribution in [0.3, 0.4) is 0 Å². The summed E-state index contributed by atoms with van der Waals surface area (Å²) in [7, 11) is 1.31. The van der Waals surface area contributed by atoms with Crippen LogP contribution in [0.5, 0.6) is 0 Å². The molecule has 1 aromatic rings. The standard InChI is InChI=1S/C16H23NO4/c1-4-10-16(2,15(19)20-3)17-14(18)12-21-11-13-8-6-5-7-9-13/h5-9H,4,10-12H2,1-3H3,(H,17,18). The highest BCUT2D eigenvalue weighted by Gasteiger charge is 2.34. The zero-order chi connectivity index (χ0) is 15.7.